The number of hydrogen-bond donors (Lipinski definition) is 2. The summed E-state index contributed by atoms with van der Waals surface area (Å²) in [6, 6.07) is 0. The molecule has 0 unspecified atom stereocenters. The van der Waals surface area contributed by atoms with Crippen LogP contribution in [0.4, 0.5) is 0 Å². The third-order valence-corrected chi connectivity index (χ3v) is 1.37. The SMILES string of the molecule is OC=CCN1CCCN1. The monoisotopic (exact) mass is 128 g/mol. The molecule has 0 aromatic rings. The molecule has 0 amide bonds. The van der Waals surface area contributed by atoms with Crippen LogP contribution in [0.5, 0.6) is 0 Å². The molecule has 0 spiro atoms. The van der Waals surface area contributed by atoms with Crippen molar-refractivity contribution in [3.63, 3.8) is 0 Å². The molecule has 3 heteroatoms. The number of nitrogens with zero attached hydrogens (tertiary/aromatic N) is 1. The van der Waals surface area contributed by atoms with Crippen LogP contribution in [-0.4, -0.2) is 29.7 Å². The lowest BCUT2D eigenvalue weighted by Crippen LogP contribution is -2.30. The molecule has 1 aliphatic rings. The van der Waals surface area contributed by atoms with Crippen LogP contribution in [0.15, 0.2) is 12.3 Å². The van der Waals surface area contributed by atoms with Crippen molar-refractivity contribution >= 4 is 0 Å². The van der Waals surface area contributed by atoms with Crippen LogP contribution in [0.1, 0.15) is 6.42 Å². The van der Waals surface area contributed by atoms with Crippen LogP contribution < -0.4 is 5.43 Å². The van der Waals surface area contributed by atoms with E-state index in [0.29, 0.717) is 0 Å². The summed E-state index contributed by atoms with van der Waals surface area (Å²) in [5, 5.41) is 10.4. The average Bonchev–Trinajstić information content (AvgIpc) is 2.34. The lowest BCUT2D eigenvalue weighted by atomic mass is 10.4. The van der Waals surface area contributed by atoms with Gasteiger partial charge in [0, 0.05) is 19.6 Å². The fraction of sp³-hybridized carbons (Fsp3) is 0.667. The zero-order valence-electron chi connectivity index (χ0n) is 5.38. The van der Waals surface area contributed by atoms with E-state index < -0.39 is 0 Å². The van der Waals surface area contributed by atoms with Crippen LogP contribution in [0.2, 0.25) is 0 Å². The summed E-state index contributed by atoms with van der Waals surface area (Å²) < 4.78 is 0. The Hall–Kier alpha value is -0.540. The van der Waals surface area contributed by atoms with E-state index in [0.717, 1.165) is 25.9 Å². The number of hydrogen-bond acceptors (Lipinski definition) is 3. The van der Waals surface area contributed by atoms with Crippen molar-refractivity contribution in [2.45, 2.75) is 6.42 Å². The number of rotatable bonds is 2. The molecule has 0 atom stereocenters. The third kappa shape index (κ3) is 2.03. The second-order valence-corrected chi connectivity index (χ2v) is 2.09. The molecule has 9 heavy (non-hydrogen) atoms. The first-order valence-electron chi connectivity index (χ1n) is 3.21. The Morgan fingerprint density at radius 2 is 2.56 bits per heavy atom. The van der Waals surface area contributed by atoms with Crippen LogP contribution in [0, 0.1) is 0 Å². The van der Waals surface area contributed by atoms with Gasteiger partial charge in [-0.2, -0.15) is 0 Å². The lowest BCUT2D eigenvalue weighted by Gasteiger charge is -2.10. The fourth-order valence-electron chi connectivity index (χ4n) is 0.916. The Labute approximate surface area is 54.9 Å². The highest BCUT2D eigenvalue weighted by atomic mass is 16.2. The van der Waals surface area contributed by atoms with Crippen LogP contribution in [0.3, 0.4) is 0 Å². The molecule has 0 bridgehead atoms. The molecular weight excluding hydrogens is 116 g/mol. The van der Waals surface area contributed by atoms with E-state index in [2.05, 4.69) is 10.4 Å². The topological polar surface area (TPSA) is 35.5 Å². The summed E-state index contributed by atoms with van der Waals surface area (Å²) in [5.74, 6) is 0. The maximum atomic E-state index is 8.29. The summed E-state index contributed by atoms with van der Waals surface area (Å²) in [7, 11) is 0. The summed E-state index contributed by atoms with van der Waals surface area (Å²) in [5.41, 5.74) is 3.16. The van der Waals surface area contributed by atoms with Gasteiger partial charge in [0.1, 0.15) is 0 Å². The van der Waals surface area contributed by atoms with E-state index >= 15 is 0 Å². The van der Waals surface area contributed by atoms with E-state index in [1.807, 2.05) is 0 Å². The van der Waals surface area contributed by atoms with Gasteiger partial charge in [0.2, 0.25) is 0 Å². The highest BCUT2D eigenvalue weighted by Gasteiger charge is 2.06. The van der Waals surface area contributed by atoms with Gasteiger partial charge in [-0.3, -0.25) is 5.43 Å². The Kier molecular flexibility index (Phi) is 2.54. The average molecular weight is 128 g/mol. The molecular formula is C6H12N2O. The van der Waals surface area contributed by atoms with Crippen molar-refractivity contribution in [1.82, 2.24) is 10.4 Å². The van der Waals surface area contributed by atoms with Gasteiger partial charge in [-0.25, -0.2) is 5.01 Å². The Morgan fingerprint density at radius 3 is 3.11 bits per heavy atom. The maximum absolute atomic E-state index is 8.29. The van der Waals surface area contributed by atoms with Crippen LogP contribution in [-0.2, 0) is 0 Å². The molecule has 52 valence electrons. The number of aliphatic hydroxyl groups excluding tert-OH is 1. The first kappa shape index (κ1) is 6.58. The standard InChI is InChI=1S/C6H12N2O/c9-6-2-5-8-4-1-3-7-8/h2,6-7,9H,1,3-5H2. The molecule has 1 saturated heterocycles. The quantitative estimate of drug-likeness (QED) is 0.524. The molecule has 0 saturated carbocycles. The third-order valence-electron chi connectivity index (χ3n) is 1.37. The molecule has 1 heterocycles. The first-order valence-corrected chi connectivity index (χ1v) is 3.21. The molecule has 1 aliphatic heterocycles. The minimum Gasteiger partial charge on any atom is -0.516 e. The largest absolute Gasteiger partial charge is 0.516 e. The number of nitrogens with one attached hydrogen (secondary N) is 1. The van der Waals surface area contributed by atoms with Crippen LogP contribution in [0.25, 0.3) is 0 Å². The highest BCUT2D eigenvalue weighted by Crippen LogP contribution is 1.94. The van der Waals surface area contributed by atoms with E-state index in [1.54, 1.807) is 6.08 Å². The zero-order chi connectivity index (χ0) is 6.53. The molecule has 1 fully saturated rings. The van der Waals surface area contributed by atoms with Crippen molar-refractivity contribution in [2.75, 3.05) is 19.6 Å². The van der Waals surface area contributed by atoms with E-state index in [4.69, 9.17) is 5.11 Å². The van der Waals surface area contributed by atoms with Gasteiger partial charge in [0.25, 0.3) is 0 Å². The lowest BCUT2D eigenvalue weighted by molar-refractivity contribution is 0.280. The van der Waals surface area contributed by atoms with Crippen molar-refractivity contribution in [1.29, 1.82) is 0 Å². The van der Waals surface area contributed by atoms with Crippen LogP contribution >= 0.6 is 0 Å². The van der Waals surface area contributed by atoms with E-state index in [1.165, 1.54) is 6.42 Å². The van der Waals surface area contributed by atoms with E-state index in [-0.39, 0.29) is 0 Å². The van der Waals surface area contributed by atoms with Crippen molar-refractivity contribution in [3.8, 4) is 0 Å². The number of hydrazine groups is 1. The summed E-state index contributed by atoms with van der Waals surface area (Å²) in [4.78, 5) is 0. The van der Waals surface area contributed by atoms with Gasteiger partial charge >= 0.3 is 0 Å². The minimum atomic E-state index is 0.802. The Balaban J connectivity index is 2.11. The molecule has 0 aliphatic carbocycles. The Morgan fingerprint density at radius 1 is 1.67 bits per heavy atom. The second-order valence-electron chi connectivity index (χ2n) is 2.09. The van der Waals surface area contributed by atoms with Gasteiger partial charge in [-0.05, 0) is 12.5 Å². The van der Waals surface area contributed by atoms with Crippen molar-refractivity contribution < 1.29 is 5.11 Å². The van der Waals surface area contributed by atoms with E-state index in [9.17, 15) is 0 Å². The van der Waals surface area contributed by atoms with Gasteiger partial charge in [-0.15, -0.1) is 0 Å². The van der Waals surface area contributed by atoms with Gasteiger partial charge in [0.15, 0.2) is 0 Å². The highest BCUT2D eigenvalue weighted by molar-refractivity contribution is 4.77. The van der Waals surface area contributed by atoms with Gasteiger partial charge in [0.05, 0.1) is 6.26 Å². The fourth-order valence-corrected chi connectivity index (χ4v) is 0.916. The summed E-state index contributed by atoms with van der Waals surface area (Å²) in [6.07, 6.45) is 4.01. The predicted molar refractivity (Wildman–Crippen MR) is 36.0 cm³/mol. The molecule has 0 aromatic heterocycles. The minimum absolute atomic E-state index is 0.802. The zero-order valence-corrected chi connectivity index (χ0v) is 5.38. The molecule has 3 nitrogen and oxygen atoms in total. The van der Waals surface area contributed by atoms with Crippen molar-refractivity contribution in [3.05, 3.63) is 12.3 Å². The first-order chi connectivity index (χ1) is 4.43. The number of aliphatic hydroxyl groups is 1. The maximum Gasteiger partial charge on any atom is 0.0765 e. The second kappa shape index (κ2) is 3.48. The predicted octanol–water partition coefficient (Wildman–Crippen LogP) is 0.268. The van der Waals surface area contributed by atoms with Gasteiger partial charge in [-0.1, -0.05) is 0 Å². The molecule has 2 N–H and O–H groups in total. The van der Waals surface area contributed by atoms with Crippen molar-refractivity contribution in [2.24, 2.45) is 0 Å². The normalized spacial score (nSPS) is 21.8. The smallest absolute Gasteiger partial charge is 0.0765 e. The molecule has 0 radical (unpaired) electrons. The Bertz CT molecular complexity index is 97.2. The summed E-state index contributed by atoms with van der Waals surface area (Å²) in [6.45, 7) is 2.96. The summed E-state index contributed by atoms with van der Waals surface area (Å²) >= 11 is 0. The molecule has 1 rings (SSSR count). The molecule has 0 aromatic carbocycles. The van der Waals surface area contributed by atoms with Gasteiger partial charge < -0.3 is 5.11 Å².